The van der Waals surface area contributed by atoms with Gasteiger partial charge in [-0.05, 0) is 25.1 Å². The van der Waals surface area contributed by atoms with Crippen LogP contribution in [0.3, 0.4) is 0 Å². The third-order valence-electron chi connectivity index (χ3n) is 2.54. The molecule has 0 aromatic heterocycles. The second-order valence-corrected chi connectivity index (χ2v) is 4.06. The predicted molar refractivity (Wildman–Crippen MR) is 70.4 cm³/mol. The van der Waals surface area contributed by atoms with Crippen molar-refractivity contribution in [3.63, 3.8) is 0 Å². The van der Waals surface area contributed by atoms with Crippen molar-refractivity contribution in [2.45, 2.75) is 6.92 Å². The third-order valence-corrected chi connectivity index (χ3v) is 2.86. The molecule has 0 aliphatic carbocycles. The molecule has 1 aromatic carbocycles. The molecule has 0 spiro atoms. The minimum Gasteiger partial charge on any atom is -0.478 e. The van der Waals surface area contributed by atoms with Crippen LogP contribution in [-0.4, -0.2) is 37.1 Å². The van der Waals surface area contributed by atoms with Crippen LogP contribution < -0.4 is 10.2 Å². The van der Waals surface area contributed by atoms with Gasteiger partial charge >= 0.3 is 5.97 Å². The molecule has 98 valence electrons. The van der Waals surface area contributed by atoms with Gasteiger partial charge in [-0.15, -0.1) is 0 Å². The lowest BCUT2D eigenvalue weighted by molar-refractivity contribution is -0.119. The van der Waals surface area contributed by atoms with Gasteiger partial charge in [0, 0.05) is 19.3 Å². The lowest BCUT2D eigenvalue weighted by Crippen LogP contribution is -2.35. The van der Waals surface area contributed by atoms with Crippen molar-refractivity contribution in [2.24, 2.45) is 0 Å². The minimum absolute atomic E-state index is 0.0522. The zero-order chi connectivity index (χ0) is 13.7. The van der Waals surface area contributed by atoms with Crippen molar-refractivity contribution in [3.05, 3.63) is 28.8 Å². The quantitative estimate of drug-likeness (QED) is 0.853. The fourth-order valence-corrected chi connectivity index (χ4v) is 1.77. The molecule has 18 heavy (non-hydrogen) atoms. The molecule has 5 nitrogen and oxygen atoms in total. The predicted octanol–water partition coefficient (Wildman–Crippen LogP) is 1.61. The number of amides is 1. The molecule has 0 aliphatic heterocycles. The molecule has 6 heteroatoms. The van der Waals surface area contributed by atoms with E-state index in [-0.39, 0.29) is 23.0 Å². The molecule has 0 bridgehead atoms. The smallest absolute Gasteiger partial charge is 0.337 e. The van der Waals surface area contributed by atoms with Crippen LogP contribution in [0, 0.1) is 0 Å². The van der Waals surface area contributed by atoms with E-state index in [1.165, 1.54) is 6.07 Å². The van der Waals surface area contributed by atoms with E-state index in [2.05, 4.69) is 5.32 Å². The van der Waals surface area contributed by atoms with Crippen LogP contribution in [0.5, 0.6) is 0 Å². The summed E-state index contributed by atoms with van der Waals surface area (Å²) in [6.07, 6.45) is 0. The molecule has 0 radical (unpaired) electrons. The molecule has 1 rings (SSSR count). The largest absolute Gasteiger partial charge is 0.478 e. The Morgan fingerprint density at radius 3 is 2.56 bits per heavy atom. The highest BCUT2D eigenvalue weighted by atomic mass is 35.5. The molecule has 0 unspecified atom stereocenters. The van der Waals surface area contributed by atoms with Gasteiger partial charge in [-0.1, -0.05) is 11.6 Å². The molecule has 2 N–H and O–H groups in total. The van der Waals surface area contributed by atoms with Gasteiger partial charge in [-0.2, -0.15) is 0 Å². The maximum atomic E-state index is 11.3. The summed E-state index contributed by atoms with van der Waals surface area (Å²) in [6.45, 7) is 2.73. The highest BCUT2D eigenvalue weighted by Crippen LogP contribution is 2.23. The Bertz CT molecular complexity index is 463. The van der Waals surface area contributed by atoms with Crippen LogP contribution in [-0.2, 0) is 4.79 Å². The van der Waals surface area contributed by atoms with Crippen molar-refractivity contribution in [2.75, 3.05) is 25.0 Å². The number of aromatic carboxylic acids is 1. The minimum atomic E-state index is -1.07. The first kappa shape index (κ1) is 14.3. The Balaban J connectivity index is 2.97. The molecule has 1 aromatic rings. The Morgan fingerprint density at radius 2 is 2.11 bits per heavy atom. The summed E-state index contributed by atoms with van der Waals surface area (Å²) in [5, 5.41) is 11.6. The topological polar surface area (TPSA) is 69.6 Å². The van der Waals surface area contributed by atoms with Gasteiger partial charge in [0.25, 0.3) is 0 Å². The van der Waals surface area contributed by atoms with Crippen LogP contribution in [0.2, 0.25) is 5.02 Å². The summed E-state index contributed by atoms with van der Waals surface area (Å²) < 4.78 is 0. The number of likely N-dealkylation sites (N-methyl/N-ethyl adjacent to an activating group) is 2. The van der Waals surface area contributed by atoms with E-state index in [4.69, 9.17) is 16.7 Å². The summed E-state index contributed by atoms with van der Waals surface area (Å²) in [5.41, 5.74) is 0.771. The average molecular weight is 271 g/mol. The summed E-state index contributed by atoms with van der Waals surface area (Å²) in [6, 6.07) is 4.63. The number of carboxylic acids is 1. The Hall–Kier alpha value is -1.75. The van der Waals surface area contributed by atoms with Crippen molar-refractivity contribution in [3.8, 4) is 0 Å². The van der Waals surface area contributed by atoms with Gasteiger partial charge in [0.2, 0.25) is 5.91 Å². The van der Waals surface area contributed by atoms with Gasteiger partial charge in [0.15, 0.2) is 0 Å². The Kier molecular flexibility index (Phi) is 4.97. The summed E-state index contributed by atoms with van der Waals surface area (Å²) in [5.74, 6) is -1.18. The number of nitrogens with one attached hydrogen (secondary N) is 1. The number of nitrogens with zero attached hydrogens (tertiary/aromatic N) is 1. The molecule has 0 fully saturated rings. The van der Waals surface area contributed by atoms with E-state index in [1.807, 2.05) is 6.92 Å². The van der Waals surface area contributed by atoms with Gasteiger partial charge in [0.05, 0.1) is 17.1 Å². The number of carboxylic acid groups (broad SMARTS) is 1. The highest BCUT2D eigenvalue weighted by Gasteiger charge is 2.13. The third kappa shape index (κ3) is 3.37. The average Bonchev–Trinajstić information content (AvgIpc) is 2.34. The van der Waals surface area contributed by atoms with Crippen LogP contribution in [0.1, 0.15) is 17.3 Å². The van der Waals surface area contributed by atoms with Crippen LogP contribution >= 0.6 is 11.6 Å². The van der Waals surface area contributed by atoms with Crippen molar-refractivity contribution >= 4 is 29.2 Å². The number of hydrogen-bond acceptors (Lipinski definition) is 3. The van der Waals surface area contributed by atoms with Gasteiger partial charge in [-0.25, -0.2) is 4.79 Å². The fourth-order valence-electron chi connectivity index (χ4n) is 1.51. The molecule has 0 heterocycles. The van der Waals surface area contributed by atoms with Crippen LogP contribution in [0.4, 0.5) is 5.69 Å². The normalized spacial score (nSPS) is 9.94. The second kappa shape index (κ2) is 6.26. The summed E-state index contributed by atoms with van der Waals surface area (Å²) in [4.78, 5) is 24.0. The van der Waals surface area contributed by atoms with E-state index in [0.717, 1.165) is 5.69 Å². The fraction of sp³-hybridized carbons (Fsp3) is 0.333. The van der Waals surface area contributed by atoms with E-state index in [0.29, 0.717) is 6.54 Å². The SMILES string of the molecule is CCN(CC(=O)NC)c1ccc(C(=O)O)c(Cl)c1. The zero-order valence-corrected chi connectivity index (χ0v) is 11.0. The van der Waals surface area contributed by atoms with E-state index < -0.39 is 5.97 Å². The van der Waals surface area contributed by atoms with Crippen molar-refractivity contribution in [1.82, 2.24) is 5.32 Å². The molecule has 0 saturated heterocycles. The van der Waals surface area contributed by atoms with E-state index in [9.17, 15) is 9.59 Å². The second-order valence-electron chi connectivity index (χ2n) is 3.66. The lowest BCUT2D eigenvalue weighted by atomic mass is 10.2. The number of carbonyl (C=O) groups is 2. The monoisotopic (exact) mass is 270 g/mol. The number of halogens is 1. The summed E-state index contributed by atoms with van der Waals surface area (Å²) in [7, 11) is 1.57. The molecule has 1 amide bonds. The van der Waals surface area contributed by atoms with Crippen molar-refractivity contribution in [1.29, 1.82) is 0 Å². The van der Waals surface area contributed by atoms with E-state index >= 15 is 0 Å². The lowest BCUT2D eigenvalue weighted by Gasteiger charge is -2.22. The number of anilines is 1. The first-order valence-corrected chi connectivity index (χ1v) is 5.85. The van der Waals surface area contributed by atoms with Gasteiger partial charge in [0.1, 0.15) is 0 Å². The number of hydrogen-bond donors (Lipinski definition) is 2. The molecular formula is C12H15ClN2O3. The first-order valence-electron chi connectivity index (χ1n) is 5.48. The maximum Gasteiger partial charge on any atom is 0.337 e. The maximum absolute atomic E-state index is 11.3. The molecule has 0 atom stereocenters. The Labute approximate surface area is 110 Å². The van der Waals surface area contributed by atoms with Gasteiger partial charge < -0.3 is 15.3 Å². The zero-order valence-electron chi connectivity index (χ0n) is 10.2. The number of rotatable bonds is 5. The summed E-state index contributed by atoms with van der Waals surface area (Å²) >= 11 is 5.89. The number of carbonyl (C=O) groups excluding carboxylic acids is 1. The van der Waals surface area contributed by atoms with Crippen LogP contribution in [0.25, 0.3) is 0 Å². The molecule has 0 saturated carbocycles. The number of benzene rings is 1. The Morgan fingerprint density at radius 1 is 1.44 bits per heavy atom. The van der Waals surface area contributed by atoms with Crippen LogP contribution in [0.15, 0.2) is 18.2 Å². The van der Waals surface area contributed by atoms with Crippen molar-refractivity contribution < 1.29 is 14.7 Å². The highest BCUT2D eigenvalue weighted by molar-refractivity contribution is 6.33. The molecule has 0 aliphatic rings. The first-order chi connectivity index (χ1) is 8.49. The van der Waals surface area contributed by atoms with Gasteiger partial charge in [-0.3, -0.25) is 4.79 Å². The standard InChI is InChI=1S/C12H15ClN2O3/c1-3-15(7-11(16)14-2)8-4-5-9(12(17)18)10(13)6-8/h4-6H,3,7H2,1-2H3,(H,14,16)(H,17,18). The van der Waals surface area contributed by atoms with E-state index in [1.54, 1.807) is 24.1 Å². The molecular weight excluding hydrogens is 256 g/mol.